The molecule has 0 radical (unpaired) electrons. The molecule has 0 fully saturated rings. The van der Waals surface area contributed by atoms with Crippen LogP contribution in [0.5, 0.6) is 0 Å². The first-order valence-electron chi connectivity index (χ1n) is 5.94. The molecule has 0 aliphatic carbocycles. The molecule has 2 N–H and O–H groups in total. The van der Waals surface area contributed by atoms with Crippen LogP contribution < -0.4 is 5.32 Å². The van der Waals surface area contributed by atoms with Gasteiger partial charge in [-0.05, 0) is 30.7 Å². The van der Waals surface area contributed by atoms with Crippen molar-refractivity contribution >= 4 is 22.7 Å². The fourth-order valence-corrected chi connectivity index (χ4v) is 1.65. The highest BCUT2D eigenvalue weighted by atomic mass is 16.1. The molecule has 1 aromatic carbocycles. The Morgan fingerprint density at radius 3 is 2.89 bits per heavy atom. The largest absolute Gasteiger partial charge is 0.352 e. The second kappa shape index (κ2) is 5.90. The average molecular weight is 258 g/mol. The zero-order valence-corrected chi connectivity index (χ0v) is 10.3. The van der Waals surface area contributed by atoms with Crippen molar-refractivity contribution in [3.8, 4) is 0 Å². The predicted octanol–water partition coefficient (Wildman–Crippen LogP) is 1.22. The Hall–Kier alpha value is -2.50. The highest BCUT2D eigenvalue weighted by molar-refractivity contribution is 5.97. The van der Waals surface area contributed by atoms with Gasteiger partial charge in [-0.15, -0.1) is 0 Å². The van der Waals surface area contributed by atoms with Crippen LogP contribution in [0.2, 0.25) is 0 Å². The number of fused-ring (bicyclic) bond motifs is 1. The number of aromatic nitrogens is 3. The fourth-order valence-electron chi connectivity index (χ4n) is 1.65. The summed E-state index contributed by atoms with van der Waals surface area (Å²) in [5.74, 6) is -0.200. The normalized spacial score (nSPS) is 10.3. The first kappa shape index (κ1) is 12.9. The Balaban J connectivity index is 1.88. The molecule has 1 aromatic heterocycles. The van der Waals surface area contributed by atoms with Gasteiger partial charge in [-0.2, -0.15) is 15.4 Å². The van der Waals surface area contributed by atoms with Gasteiger partial charge in [-0.25, -0.2) is 0 Å². The van der Waals surface area contributed by atoms with Gasteiger partial charge < -0.3 is 5.32 Å². The maximum Gasteiger partial charge on any atom is 0.251 e. The van der Waals surface area contributed by atoms with Crippen LogP contribution >= 0.6 is 0 Å². The van der Waals surface area contributed by atoms with Gasteiger partial charge in [0.2, 0.25) is 0 Å². The van der Waals surface area contributed by atoms with Crippen molar-refractivity contribution in [3.63, 3.8) is 0 Å². The number of hydrogen-bond donors (Lipinski definition) is 2. The summed E-state index contributed by atoms with van der Waals surface area (Å²) in [7, 11) is 0. The molecule has 0 spiro atoms. The Kier molecular flexibility index (Phi) is 4.02. The van der Waals surface area contributed by atoms with Crippen molar-refractivity contribution in [2.45, 2.75) is 12.8 Å². The number of carbonyl (C=O) groups is 2. The van der Waals surface area contributed by atoms with Crippen molar-refractivity contribution < 1.29 is 9.59 Å². The van der Waals surface area contributed by atoms with Gasteiger partial charge in [0.25, 0.3) is 5.91 Å². The van der Waals surface area contributed by atoms with Gasteiger partial charge in [0.1, 0.15) is 11.0 Å². The molecule has 6 heteroatoms. The average Bonchev–Trinajstić information content (AvgIpc) is 2.90. The minimum Gasteiger partial charge on any atom is -0.352 e. The molecule has 0 saturated heterocycles. The summed E-state index contributed by atoms with van der Waals surface area (Å²) >= 11 is 0. The molecule has 19 heavy (non-hydrogen) atoms. The molecule has 98 valence electrons. The van der Waals surface area contributed by atoms with Gasteiger partial charge in [0, 0.05) is 18.5 Å². The van der Waals surface area contributed by atoms with E-state index in [1.807, 2.05) is 0 Å². The number of amides is 1. The van der Waals surface area contributed by atoms with Gasteiger partial charge in [-0.1, -0.05) is 6.58 Å². The van der Waals surface area contributed by atoms with Crippen LogP contribution in [0.15, 0.2) is 30.9 Å². The van der Waals surface area contributed by atoms with E-state index in [0.717, 1.165) is 0 Å². The van der Waals surface area contributed by atoms with Crippen LogP contribution in [0.4, 0.5) is 0 Å². The van der Waals surface area contributed by atoms with Crippen molar-refractivity contribution in [1.82, 2.24) is 20.7 Å². The monoisotopic (exact) mass is 258 g/mol. The molecule has 6 nitrogen and oxygen atoms in total. The van der Waals surface area contributed by atoms with Gasteiger partial charge in [-0.3, -0.25) is 9.59 Å². The lowest BCUT2D eigenvalue weighted by atomic mass is 10.2. The second-order valence-electron chi connectivity index (χ2n) is 4.06. The Labute approximate surface area is 109 Å². The first-order chi connectivity index (χ1) is 9.20. The predicted molar refractivity (Wildman–Crippen MR) is 70.7 cm³/mol. The lowest BCUT2D eigenvalue weighted by Crippen LogP contribution is -2.24. The highest BCUT2D eigenvalue weighted by Crippen LogP contribution is 2.10. The van der Waals surface area contributed by atoms with E-state index in [4.69, 9.17) is 0 Å². The fraction of sp³-hybridized carbons (Fsp3) is 0.231. The SMILES string of the molecule is C=CC(=O)CCCNC(=O)c1ccc2n[nH]nc2c1. The van der Waals surface area contributed by atoms with Crippen molar-refractivity contribution in [2.75, 3.05) is 6.54 Å². The van der Waals surface area contributed by atoms with Crippen LogP contribution in [0, 0.1) is 0 Å². The molecule has 0 saturated carbocycles. The Morgan fingerprint density at radius 1 is 1.32 bits per heavy atom. The minimum atomic E-state index is -0.184. The third-order valence-corrected chi connectivity index (χ3v) is 2.69. The number of allylic oxidation sites excluding steroid dienone is 1. The summed E-state index contributed by atoms with van der Waals surface area (Å²) in [4.78, 5) is 22.8. The van der Waals surface area contributed by atoms with E-state index in [2.05, 4.69) is 27.3 Å². The number of ketones is 1. The number of H-pyrrole nitrogens is 1. The van der Waals surface area contributed by atoms with E-state index in [1.54, 1.807) is 18.2 Å². The number of carbonyl (C=O) groups excluding carboxylic acids is 2. The third-order valence-electron chi connectivity index (χ3n) is 2.69. The maximum absolute atomic E-state index is 11.8. The molecule has 2 rings (SSSR count). The summed E-state index contributed by atoms with van der Waals surface area (Å²) in [6, 6.07) is 5.09. The smallest absolute Gasteiger partial charge is 0.251 e. The summed E-state index contributed by atoms with van der Waals surface area (Å²) in [5, 5.41) is 13.1. The standard InChI is InChI=1S/C13H14N4O2/c1-2-10(18)4-3-7-14-13(19)9-5-6-11-12(8-9)16-17-15-11/h2,5-6,8H,1,3-4,7H2,(H,14,19)(H,15,16,17). The maximum atomic E-state index is 11.8. The zero-order chi connectivity index (χ0) is 13.7. The van der Waals surface area contributed by atoms with E-state index in [-0.39, 0.29) is 11.7 Å². The third kappa shape index (κ3) is 3.25. The number of nitrogens with zero attached hydrogens (tertiary/aromatic N) is 2. The lowest BCUT2D eigenvalue weighted by Gasteiger charge is -2.04. The van der Waals surface area contributed by atoms with E-state index in [1.165, 1.54) is 6.08 Å². The van der Waals surface area contributed by atoms with Crippen LogP contribution in [-0.2, 0) is 4.79 Å². The molecular weight excluding hydrogens is 244 g/mol. The molecule has 0 bridgehead atoms. The van der Waals surface area contributed by atoms with E-state index < -0.39 is 0 Å². The number of nitrogens with one attached hydrogen (secondary N) is 2. The van der Waals surface area contributed by atoms with Gasteiger partial charge >= 0.3 is 0 Å². The summed E-state index contributed by atoms with van der Waals surface area (Å²) in [6.07, 6.45) is 2.29. The minimum absolute atomic E-state index is 0.0155. The van der Waals surface area contributed by atoms with Crippen LogP contribution in [-0.4, -0.2) is 33.6 Å². The van der Waals surface area contributed by atoms with Crippen molar-refractivity contribution in [3.05, 3.63) is 36.4 Å². The molecule has 0 aliphatic rings. The summed E-state index contributed by atoms with van der Waals surface area (Å²) < 4.78 is 0. The topological polar surface area (TPSA) is 87.7 Å². The number of benzene rings is 1. The highest BCUT2D eigenvalue weighted by Gasteiger charge is 2.07. The Morgan fingerprint density at radius 2 is 2.11 bits per heavy atom. The quantitative estimate of drug-likeness (QED) is 0.602. The molecule has 0 unspecified atom stereocenters. The van der Waals surface area contributed by atoms with E-state index in [9.17, 15) is 9.59 Å². The van der Waals surface area contributed by atoms with Crippen molar-refractivity contribution in [1.29, 1.82) is 0 Å². The Bertz CT molecular complexity index is 618. The zero-order valence-electron chi connectivity index (χ0n) is 10.3. The molecule has 0 aliphatic heterocycles. The number of hydrogen-bond acceptors (Lipinski definition) is 4. The number of rotatable bonds is 6. The molecular formula is C13H14N4O2. The van der Waals surface area contributed by atoms with Crippen LogP contribution in [0.1, 0.15) is 23.2 Å². The molecule has 1 heterocycles. The lowest BCUT2D eigenvalue weighted by molar-refractivity contribution is -0.114. The number of aromatic amines is 1. The second-order valence-corrected chi connectivity index (χ2v) is 4.06. The van der Waals surface area contributed by atoms with Gasteiger partial charge in [0.05, 0.1) is 0 Å². The molecule has 0 atom stereocenters. The van der Waals surface area contributed by atoms with E-state index >= 15 is 0 Å². The van der Waals surface area contributed by atoms with E-state index in [0.29, 0.717) is 36.0 Å². The first-order valence-corrected chi connectivity index (χ1v) is 5.94. The van der Waals surface area contributed by atoms with Crippen molar-refractivity contribution in [2.24, 2.45) is 0 Å². The van der Waals surface area contributed by atoms with Crippen LogP contribution in [0.3, 0.4) is 0 Å². The summed E-state index contributed by atoms with van der Waals surface area (Å²) in [5.41, 5.74) is 1.89. The van der Waals surface area contributed by atoms with Gasteiger partial charge in [0.15, 0.2) is 5.78 Å². The van der Waals surface area contributed by atoms with Crippen LogP contribution in [0.25, 0.3) is 11.0 Å². The molecule has 2 aromatic rings. The summed E-state index contributed by atoms with van der Waals surface area (Å²) in [6.45, 7) is 3.85. The molecule has 1 amide bonds.